The van der Waals surface area contributed by atoms with Gasteiger partial charge in [-0.3, -0.25) is 0 Å². The zero-order chi connectivity index (χ0) is 15.4. The van der Waals surface area contributed by atoms with Gasteiger partial charge in [-0.15, -0.1) is 0 Å². The first-order chi connectivity index (χ1) is 10.0. The lowest BCUT2D eigenvalue weighted by Gasteiger charge is -2.17. The molecule has 0 aromatic heterocycles. The first kappa shape index (κ1) is 15.3. The number of halogens is 1. The van der Waals surface area contributed by atoms with Gasteiger partial charge in [-0.2, -0.15) is 0 Å². The van der Waals surface area contributed by atoms with Crippen molar-refractivity contribution in [1.82, 2.24) is 5.32 Å². The Morgan fingerprint density at radius 2 is 1.76 bits per heavy atom. The van der Waals surface area contributed by atoms with Crippen LogP contribution in [0.25, 0.3) is 0 Å². The van der Waals surface area contributed by atoms with Gasteiger partial charge >= 0.3 is 0 Å². The molecule has 1 unspecified atom stereocenters. The first-order valence-electron chi connectivity index (χ1n) is 6.84. The van der Waals surface area contributed by atoms with Crippen LogP contribution in [0.15, 0.2) is 36.4 Å². The van der Waals surface area contributed by atoms with Crippen molar-refractivity contribution in [3.8, 4) is 17.2 Å². The molecule has 1 atom stereocenters. The summed E-state index contributed by atoms with van der Waals surface area (Å²) in [6.45, 7) is 3.94. The monoisotopic (exact) mass is 289 g/mol. The van der Waals surface area contributed by atoms with Crippen LogP contribution >= 0.6 is 0 Å². The van der Waals surface area contributed by atoms with Gasteiger partial charge in [-0.1, -0.05) is 6.07 Å². The molecule has 2 aromatic carbocycles. The molecule has 0 amide bonds. The molecule has 0 fully saturated rings. The number of rotatable bonds is 5. The van der Waals surface area contributed by atoms with E-state index < -0.39 is 0 Å². The average molecular weight is 289 g/mol. The molecule has 2 rings (SSSR count). The van der Waals surface area contributed by atoms with Crippen molar-refractivity contribution in [2.45, 2.75) is 19.9 Å². The second-order valence-electron chi connectivity index (χ2n) is 4.95. The van der Waals surface area contributed by atoms with Crippen LogP contribution in [-0.2, 0) is 0 Å². The molecule has 0 aliphatic carbocycles. The van der Waals surface area contributed by atoms with E-state index in [-0.39, 0.29) is 11.9 Å². The number of benzene rings is 2. The third kappa shape index (κ3) is 3.52. The van der Waals surface area contributed by atoms with E-state index in [0.717, 1.165) is 11.1 Å². The molecule has 2 aromatic rings. The highest BCUT2D eigenvalue weighted by molar-refractivity contribution is 5.47. The number of aryl methyl sites for hydroxylation is 1. The van der Waals surface area contributed by atoms with Crippen LogP contribution in [-0.4, -0.2) is 14.2 Å². The van der Waals surface area contributed by atoms with Gasteiger partial charge in [0.15, 0.2) is 11.5 Å². The van der Waals surface area contributed by atoms with E-state index in [1.807, 2.05) is 39.1 Å². The summed E-state index contributed by atoms with van der Waals surface area (Å²) < 4.78 is 24.7. The van der Waals surface area contributed by atoms with Gasteiger partial charge in [-0.25, -0.2) is 4.39 Å². The fourth-order valence-electron chi connectivity index (χ4n) is 2.08. The summed E-state index contributed by atoms with van der Waals surface area (Å²) in [4.78, 5) is 0. The molecule has 0 heterocycles. The lowest BCUT2D eigenvalue weighted by Crippen LogP contribution is -2.13. The predicted molar refractivity (Wildman–Crippen MR) is 81.7 cm³/mol. The maximum absolute atomic E-state index is 13.5. The number of hydrogen-bond donors (Lipinski definition) is 1. The van der Waals surface area contributed by atoms with E-state index in [2.05, 4.69) is 5.32 Å². The Bertz CT molecular complexity index is 628. The van der Waals surface area contributed by atoms with E-state index in [4.69, 9.17) is 9.47 Å². The molecule has 0 spiro atoms. The third-order valence-corrected chi connectivity index (χ3v) is 3.41. The summed E-state index contributed by atoms with van der Waals surface area (Å²) in [5, 5.41) is 3.09. The highest BCUT2D eigenvalue weighted by atomic mass is 19.1. The van der Waals surface area contributed by atoms with Crippen LogP contribution in [0.1, 0.15) is 24.1 Å². The summed E-state index contributed by atoms with van der Waals surface area (Å²) in [6.07, 6.45) is 0. The Balaban J connectivity index is 2.40. The zero-order valence-corrected chi connectivity index (χ0v) is 12.7. The van der Waals surface area contributed by atoms with Gasteiger partial charge < -0.3 is 14.8 Å². The molecule has 0 aliphatic rings. The molecule has 3 nitrogen and oxygen atoms in total. The molecule has 0 saturated carbocycles. The van der Waals surface area contributed by atoms with Crippen LogP contribution in [0, 0.1) is 12.7 Å². The van der Waals surface area contributed by atoms with Gasteiger partial charge in [0, 0.05) is 11.6 Å². The second kappa shape index (κ2) is 6.59. The lowest BCUT2D eigenvalue weighted by atomic mass is 10.1. The maximum atomic E-state index is 13.5. The fourth-order valence-corrected chi connectivity index (χ4v) is 2.08. The topological polar surface area (TPSA) is 30.5 Å². The van der Waals surface area contributed by atoms with Gasteiger partial charge in [-0.05, 0) is 56.8 Å². The largest absolute Gasteiger partial charge is 0.493 e. The minimum Gasteiger partial charge on any atom is -0.493 e. The van der Waals surface area contributed by atoms with Crippen molar-refractivity contribution in [2.24, 2.45) is 0 Å². The van der Waals surface area contributed by atoms with Crippen LogP contribution in [0.4, 0.5) is 4.39 Å². The average Bonchev–Trinajstić information content (AvgIpc) is 2.49. The van der Waals surface area contributed by atoms with Crippen LogP contribution in [0.2, 0.25) is 0 Å². The van der Waals surface area contributed by atoms with E-state index in [0.29, 0.717) is 17.2 Å². The summed E-state index contributed by atoms with van der Waals surface area (Å²) in [5.41, 5.74) is 1.85. The Kier molecular flexibility index (Phi) is 4.81. The van der Waals surface area contributed by atoms with Gasteiger partial charge in [0.25, 0.3) is 0 Å². The van der Waals surface area contributed by atoms with Gasteiger partial charge in [0.1, 0.15) is 11.6 Å². The van der Waals surface area contributed by atoms with E-state index >= 15 is 0 Å². The van der Waals surface area contributed by atoms with Crippen molar-refractivity contribution >= 4 is 0 Å². The molecule has 0 saturated heterocycles. The van der Waals surface area contributed by atoms with Crippen molar-refractivity contribution in [2.75, 3.05) is 14.2 Å². The molecule has 112 valence electrons. The number of hydrogen-bond acceptors (Lipinski definition) is 3. The van der Waals surface area contributed by atoms with Crippen LogP contribution < -0.4 is 14.8 Å². The highest BCUT2D eigenvalue weighted by Gasteiger charge is 2.14. The minimum absolute atomic E-state index is 0.0212. The summed E-state index contributed by atoms with van der Waals surface area (Å²) >= 11 is 0. The zero-order valence-electron chi connectivity index (χ0n) is 12.7. The predicted octanol–water partition coefficient (Wildman–Crippen LogP) is 4.22. The molecule has 0 bridgehead atoms. The van der Waals surface area contributed by atoms with E-state index in [9.17, 15) is 4.39 Å². The number of methoxy groups -OCH3 is 1. The van der Waals surface area contributed by atoms with Crippen molar-refractivity contribution in [3.05, 3.63) is 53.3 Å². The molecule has 4 heteroatoms. The summed E-state index contributed by atoms with van der Waals surface area (Å²) in [7, 11) is 3.43. The Labute approximate surface area is 124 Å². The van der Waals surface area contributed by atoms with Gasteiger partial charge in [0.2, 0.25) is 0 Å². The molecule has 21 heavy (non-hydrogen) atoms. The number of ether oxygens (including phenoxy) is 2. The maximum Gasteiger partial charge on any atom is 0.169 e. The van der Waals surface area contributed by atoms with Crippen LogP contribution in [0.3, 0.4) is 0 Å². The molecule has 0 radical (unpaired) electrons. The quantitative estimate of drug-likeness (QED) is 0.894. The molecular weight excluding hydrogens is 269 g/mol. The van der Waals surface area contributed by atoms with Gasteiger partial charge in [0.05, 0.1) is 7.11 Å². The Morgan fingerprint density at radius 1 is 1.05 bits per heavy atom. The highest BCUT2D eigenvalue weighted by Crippen LogP contribution is 2.35. The third-order valence-electron chi connectivity index (χ3n) is 3.41. The summed E-state index contributed by atoms with van der Waals surface area (Å²) in [5.74, 6) is 1.59. The van der Waals surface area contributed by atoms with Crippen LogP contribution in [0.5, 0.6) is 17.2 Å². The van der Waals surface area contributed by atoms with Crippen molar-refractivity contribution in [3.63, 3.8) is 0 Å². The summed E-state index contributed by atoms with van der Waals surface area (Å²) in [6, 6.07) is 10.2. The fraction of sp³-hybridized carbons (Fsp3) is 0.294. The molecular formula is C17H20FNO2. The minimum atomic E-state index is -0.282. The first-order valence-corrected chi connectivity index (χ1v) is 6.84. The second-order valence-corrected chi connectivity index (χ2v) is 4.95. The van der Waals surface area contributed by atoms with E-state index in [1.54, 1.807) is 13.2 Å². The molecule has 0 aliphatic heterocycles. The SMILES string of the molecule is CNC(C)c1cc(F)ccc1Oc1ccc(C)cc1OC. The van der Waals surface area contributed by atoms with Crippen molar-refractivity contribution < 1.29 is 13.9 Å². The van der Waals surface area contributed by atoms with Crippen molar-refractivity contribution in [1.29, 1.82) is 0 Å². The van der Waals surface area contributed by atoms with E-state index in [1.165, 1.54) is 12.1 Å². The Hall–Kier alpha value is -2.07. The standard InChI is InChI=1S/C17H20FNO2/c1-11-5-7-16(17(9-11)20-4)21-15-8-6-13(18)10-14(15)12(2)19-3/h5-10,12,19H,1-4H3. The number of nitrogens with one attached hydrogen (secondary N) is 1. The normalized spacial score (nSPS) is 12.0. The smallest absolute Gasteiger partial charge is 0.169 e. The Morgan fingerprint density at radius 3 is 2.43 bits per heavy atom. The molecule has 1 N–H and O–H groups in total. The lowest BCUT2D eigenvalue weighted by molar-refractivity contribution is 0.375.